The summed E-state index contributed by atoms with van der Waals surface area (Å²) in [5, 5.41) is 14.9. The molecule has 0 heterocycles. The minimum atomic E-state index is -0.460. The molecule has 0 bridgehead atoms. The number of amides is 1. The molecule has 2 rings (SSSR count). The fraction of sp³-hybridized carbons (Fsp3) is 0.111. The number of nitro benzene ring substituents is 1. The lowest BCUT2D eigenvalue weighted by atomic mass is 10.2. The number of non-ortho nitro benzene ring substituents is 1. The lowest BCUT2D eigenvalue weighted by Gasteiger charge is -2.06. The van der Waals surface area contributed by atoms with Crippen LogP contribution in [0, 0.1) is 17.0 Å². The van der Waals surface area contributed by atoms with Gasteiger partial charge in [-0.05, 0) is 54.5 Å². The summed E-state index contributed by atoms with van der Waals surface area (Å²) in [5.74, 6) is 0.140. The molecule has 0 saturated carbocycles. The maximum atomic E-state index is 11.6. The molecule has 0 spiro atoms. The third kappa shape index (κ3) is 6.03. The van der Waals surface area contributed by atoms with Gasteiger partial charge in [0.1, 0.15) is 5.75 Å². The number of carbonyl (C=O) groups is 1. The van der Waals surface area contributed by atoms with E-state index >= 15 is 0 Å². The first kappa shape index (κ1) is 19.1. The highest BCUT2D eigenvalue weighted by atomic mass is 35.5. The fourth-order valence-corrected chi connectivity index (χ4v) is 2.02. The maximum Gasteiger partial charge on any atom is 0.277 e. The number of hydrazone groups is 1. The number of nitrogens with zero attached hydrogens (tertiary/aromatic N) is 2. The van der Waals surface area contributed by atoms with Crippen molar-refractivity contribution in [3.05, 3.63) is 74.8 Å². The zero-order chi connectivity index (χ0) is 18.9. The quantitative estimate of drug-likeness (QED) is 0.454. The van der Waals surface area contributed by atoms with Gasteiger partial charge in [-0.1, -0.05) is 17.7 Å². The number of halogens is 1. The Labute approximate surface area is 155 Å². The Morgan fingerprint density at radius 1 is 1.31 bits per heavy atom. The van der Waals surface area contributed by atoms with Crippen LogP contribution in [0.4, 0.5) is 5.69 Å². The topological polar surface area (TPSA) is 93.8 Å². The Kier molecular flexibility index (Phi) is 6.87. The molecule has 2 aromatic rings. The number of hydrogen-bond acceptors (Lipinski definition) is 5. The molecule has 134 valence electrons. The number of rotatable bonds is 7. The molecule has 0 aliphatic rings. The fourth-order valence-electron chi connectivity index (χ4n) is 1.90. The summed E-state index contributed by atoms with van der Waals surface area (Å²) in [6.07, 6.45) is 4.70. The Hall–Kier alpha value is -3.19. The zero-order valence-electron chi connectivity index (χ0n) is 13.9. The third-order valence-electron chi connectivity index (χ3n) is 3.24. The van der Waals surface area contributed by atoms with E-state index in [4.69, 9.17) is 16.3 Å². The van der Waals surface area contributed by atoms with Crippen molar-refractivity contribution in [2.45, 2.75) is 6.92 Å². The van der Waals surface area contributed by atoms with E-state index in [2.05, 4.69) is 10.5 Å². The minimum Gasteiger partial charge on any atom is -0.484 e. The van der Waals surface area contributed by atoms with Crippen LogP contribution in [0.2, 0.25) is 5.02 Å². The molecular weight excluding hydrogens is 358 g/mol. The van der Waals surface area contributed by atoms with Gasteiger partial charge >= 0.3 is 0 Å². The van der Waals surface area contributed by atoms with Crippen LogP contribution in [-0.4, -0.2) is 23.7 Å². The Morgan fingerprint density at radius 2 is 2.04 bits per heavy atom. The molecule has 26 heavy (non-hydrogen) atoms. The number of hydrogen-bond donors (Lipinski definition) is 1. The van der Waals surface area contributed by atoms with E-state index in [0.717, 1.165) is 11.1 Å². The normalized spacial score (nSPS) is 11.0. The first-order valence-electron chi connectivity index (χ1n) is 7.57. The van der Waals surface area contributed by atoms with Crippen molar-refractivity contribution < 1.29 is 14.5 Å². The molecule has 0 aromatic heterocycles. The van der Waals surface area contributed by atoms with Crippen molar-refractivity contribution in [1.82, 2.24) is 5.43 Å². The van der Waals surface area contributed by atoms with Gasteiger partial charge in [-0.2, -0.15) is 5.10 Å². The van der Waals surface area contributed by atoms with E-state index in [1.807, 2.05) is 6.92 Å². The molecule has 7 nitrogen and oxygen atoms in total. The Morgan fingerprint density at radius 3 is 2.69 bits per heavy atom. The van der Waals surface area contributed by atoms with Crippen LogP contribution in [0.1, 0.15) is 11.1 Å². The average molecular weight is 374 g/mol. The molecule has 0 unspecified atom stereocenters. The number of carbonyl (C=O) groups excluding carboxylic acids is 1. The Balaban J connectivity index is 1.75. The second-order valence-electron chi connectivity index (χ2n) is 5.22. The zero-order valence-corrected chi connectivity index (χ0v) is 14.6. The first-order chi connectivity index (χ1) is 12.5. The number of nitro groups is 1. The van der Waals surface area contributed by atoms with Crippen LogP contribution in [0.5, 0.6) is 5.75 Å². The third-order valence-corrected chi connectivity index (χ3v) is 3.67. The van der Waals surface area contributed by atoms with Crippen LogP contribution < -0.4 is 10.2 Å². The van der Waals surface area contributed by atoms with E-state index in [-0.39, 0.29) is 12.3 Å². The number of nitrogens with one attached hydrogen (secondary N) is 1. The van der Waals surface area contributed by atoms with Gasteiger partial charge in [0, 0.05) is 23.4 Å². The summed E-state index contributed by atoms with van der Waals surface area (Å²) in [6.45, 7) is 1.67. The molecule has 0 saturated heterocycles. The van der Waals surface area contributed by atoms with E-state index in [1.54, 1.807) is 42.5 Å². The lowest BCUT2D eigenvalue weighted by molar-refractivity contribution is -0.384. The van der Waals surface area contributed by atoms with Crippen molar-refractivity contribution in [1.29, 1.82) is 0 Å². The van der Waals surface area contributed by atoms with Crippen LogP contribution in [0.3, 0.4) is 0 Å². The maximum absolute atomic E-state index is 11.6. The van der Waals surface area contributed by atoms with Crippen LogP contribution >= 0.6 is 11.6 Å². The van der Waals surface area contributed by atoms with Crippen LogP contribution in [0.15, 0.2) is 53.6 Å². The molecule has 0 fully saturated rings. The number of aryl methyl sites for hydroxylation is 1. The summed E-state index contributed by atoms with van der Waals surface area (Å²) in [6, 6.07) is 11.2. The van der Waals surface area contributed by atoms with Gasteiger partial charge in [0.15, 0.2) is 6.61 Å². The molecular formula is C18H16ClN3O4. The van der Waals surface area contributed by atoms with E-state index < -0.39 is 10.8 Å². The highest BCUT2D eigenvalue weighted by Gasteiger charge is 2.03. The van der Waals surface area contributed by atoms with Gasteiger partial charge in [0.05, 0.1) is 4.92 Å². The standard InChI is InChI=1S/C18H16ClN3O4/c1-13-11-16(8-9-17(13)19)26-12-18(23)21-20-10-2-3-14-4-6-15(7-5-14)22(24)25/h2-11H,12H2,1H3,(H,21,23). The van der Waals surface area contributed by atoms with Gasteiger partial charge < -0.3 is 4.74 Å². The molecule has 1 N–H and O–H groups in total. The van der Waals surface area contributed by atoms with Crippen molar-refractivity contribution in [3.8, 4) is 5.75 Å². The summed E-state index contributed by atoms with van der Waals surface area (Å²) in [7, 11) is 0. The van der Waals surface area contributed by atoms with Crippen molar-refractivity contribution in [2.24, 2.45) is 5.10 Å². The summed E-state index contributed by atoms with van der Waals surface area (Å²) < 4.78 is 5.34. The van der Waals surface area contributed by atoms with E-state index in [9.17, 15) is 14.9 Å². The van der Waals surface area contributed by atoms with Crippen molar-refractivity contribution >= 4 is 35.5 Å². The summed E-state index contributed by atoms with van der Waals surface area (Å²) in [5.41, 5.74) is 3.99. The second-order valence-corrected chi connectivity index (χ2v) is 5.63. The molecule has 0 atom stereocenters. The monoisotopic (exact) mass is 373 g/mol. The molecule has 2 aromatic carbocycles. The van der Waals surface area contributed by atoms with Gasteiger partial charge in [-0.25, -0.2) is 5.43 Å². The number of allylic oxidation sites excluding steroid dienone is 1. The van der Waals surface area contributed by atoms with E-state index in [1.165, 1.54) is 18.3 Å². The summed E-state index contributed by atoms with van der Waals surface area (Å²) >= 11 is 5.92. The summed E-state index contributed by atoms with van der Waals surface area (Å²) in [4.78, 5) is 21.7. The van der Waals surface area contributed by atoms with Crippen molar-refractivity contribution in [2.75, 3.05) is 6.61 Å². The SMILES string of the molecule is Cc1cc(OCC(=O)NN=CC=Cc2ccc([N+](=O)[O-])cc2)ccc1Cl. The number of benzene rings is 2. The van der Waals surface area contributed by atoms with E-state index in [0.29, 0.717) is 10.8 Å². The number of ether oxygens (including phenoxy) is 1. The van der Waals surface area contributed by atoms with Crippen LogP contribution in [-0.2, 0) is 4.79 Å². The Bertz CT molecular complexity index is 848. The predicted octanol–water partition coefficient (Wildman–Crippen LogP) is 3.75. The molecule has 0 aliphatic heterocycles. The van der Waals surface area contributed by atoms with Crippen LogP contribution in [0.25, 0.3) is 6.08 Å². The lowest BCUT2D eigenvalue weighted by Crippen LogP contribution is -2.24. The van der Waals surface area contributed by atoms with Gasteiger partial charge in [-0.15, -0.1) is 0 Å². The van der Waals surface area contributed by atoms with Gasteiger partial charge in [-0.3, -0.25) is 14.9 Å². The smallest absolute Gasteiger partial charge is 0.277 e. The molecule has 0 radical (unpaired) electrons. The predicted molar refractivity (Wildman–Crippen MR) is 100 cm³/mol. The minimum absolute atomic E-state index is 0.0268. The van der Waals surface area contributed by atoms with Gasteiger partial charge in [0.2, 0.25) is 0 Å². The largest absolute Gasteiger partial charge is 0.484 e. The average Bonchev–Trinajstić information content (AvgIpc) is 2.63. The molecule has 1 amide bonds. The highest BCUT2D eigenvalue weighted by Crippen LogP contribution is 2.20. The molecule has 8 heteroatoms. The highest BCUT2D eigenvalue weighted by molar-refractivity contribution is 6.31. The molecule has 0 aliphatic carbocycles. The second kappa shape index (κ2) is 9.33. The first-order valence-corrected chi connectivity index (χ1v) is 7.95. The van der Waals surface area contributed by atoms with Crippen molar-refractivity contribution in [3.63, 3.8) is 0 Å². The van der Waals surface area contributed by atoms with Gasteiger partial charge in [0.25, 0.3) is 11.6 Å².